The molecular formula is C17H18ClN5O3S. The van der Waals surface area contributed by atoms with Gasteiger partial charge in [0.05, 0.1) is 5.52 Å². The van der Waals surface area contributed by atoms with Gasteiger partial charge in [0.15, 0.2) is 5.76 Å². The minimum Gasteiger partial charge on any atom is -0.360 e. The van der Waals surface area contributed by atoms with Crippen molar-refractivity contribution in [3.05, 3.63) is 41.0 Å². The number of halogens is 1. The normalized spacial score (nSPS) is 16.2. The molecule has 142 valence electrons. The molecule has 4 rings (SSSR count). The number of rotatable bonds is 3. The highest BCUT2D eigenvalue weighted by molar-refractivity contribution is 7.89. The summed E-state index contributed by atoms with van der Waals surface area (Å²) in [4.78, 5) is 10.9. The molecule has 27 heavy (non-hydrogen) atoms. The summed E-state index contributed by atoms with van der Waals surface area (Å²) in [5, 5.41) is 5.27. The molecule has 0 aliphatic carbocycles. The molecule has 0 saturated carbocycles. The van der Waals surface area contributed by atoms with Gasteiger partial charge in [0.25, 0.3) is 0 Å². The lowest BCUT2D eigenvalue weighted by molar-refractivity contribution is 0.378. The van der Waals surface area contributed by atoms with Crippen LogP contribution in [0.3, 0.4) is 0 Å². The van der Waals surface area contributed by atoms with Gasteiger partial charge in [-0.3, -0.25) is 0 Å². The summed E-state index contributed by atoms with van der Waals surface area (Å²) < 4.78 is 32.4. The van der Waals surface area contributed by atoms with Crippen LogP contribution in [0.1, 0.15) is 11.5 Å². The molecule has 1 aliphatic heterocycles. The molecule has 0 spiro atoms. The third kappa shape index (κ3) is 3.15. The van der Waals surface area contributed by atoms with Crippen LogP contribution in [0.15, 0.2) is 33.9 Å². The van der Waals surface area contributed by atoms with Gasteiger partial charge < -0.3 is 9.42 Å². The van der Waals surface area contributed by atoms with Crippen LogP contribution in [0.5, 0.6) is 0 Å². The molecule has 8 nitrogen and oxygen atoms in total. The first kappa shape index (κ1) is 18.1. The fraction of sp³-hybridized carbons (Fsp3) is 0.353. The van der Waals surface area contributed by atoms with Gasteiger partial charge in [-0.1, -0.05) is 16.8 Å². The molecule has 0 bridgehead atoms. The largest absolute Gasteiger partial charge is 0.360 e. The lowest BCUT2D eigenvalue weighted by Crippen LogP contribution is -2.49. The lowest BCUT2D eigenvalue weighted by atomic mass is 10.2. The highest BCUT2D eigenvalue weighted by Crippen LogP contribution is 2.28. The number of aromatic nitrogens is 3. The molecule has 0 N–H and O–H groups in total. The van der Waals surface area contributed by atoms with Crippen molar-refractivity contribution in [2.75, 3.05) is 31.1 Å². The number of anilines is 1. The summed E-state index contributed by atoms with van der Waals surface area (Å²) in [6.07, 6.45) is 1.50. The molecule has 1 saturated heterocycles. The Morgan fingerprint density at radius 3 is 2.52 bits per heavy atom. The van der Waals surface area contributed by atoms with Crippen molar-refractivity contribution in [3.63, 3.8) is 0 Å². The van der Waals surface area contributed by atoms with E-state index in [1.165, 1.54) is 10.6 Å². The zero-order valence-electron chi connectivity index (χ0n) is 14.9. The zero-order valence-corrected chi connectivity index (χ0v) is 16.5. The Morgan fingerprint density at radius 2 is 1.85 bits per heavy atom. The van der Waals surface area contributed by atoms with Crippen LogP contribution in [0.2, 0.25) is 5.02 Å². The van der Waals surface area contributed by atoms with E-state index in [0.29, 0.717) is 42.7 Å². The van der Waals surface area contributed by atoms with E-state index in [1.54, 1.807) is 26.0 Å². The first-order chi connectivity index (χ1) is 12.9. The smallest absolute Gasteiger partial charge is 0.248 e. The average molecular weight is 408 g/mol. The summed E-state index contributed by atoms with van der Waals surface area (Å²) in [6.45, 7) is 5.00. The van der Waals surface area contributed by atoms with Crippen LogP contribution in [0.4, 0.5) is 5.82 Å². The molecule has 0 unspecified atom stereocenters. The van der Waals surface area contributed by atoms with Crippen LogP contribution in [0, 0.1) is 13.8 Å². The number of piperazine rings is 1. The van der Waals surface area contributed by atoms with E-state index in [1.807, 2.05) is 6.07 Å². The monoisotopic (exact) mass is 407 g/mol. The fourth-order valence-electron chi connectivity index (χ4n) is 3.38. The molecule has 0 amide bonds. The predicted molar refractivity (Wildman–Crippen MR) is 101 cm³/mol. The van der Waals surface area contributed by atoms with Gasteiger partial charge in [0.1, 0.15) is 22.7 Å². The van der Waals surface area contributed by atoms with E-state index in [0.717, 1.165) is 16.7 Å². The van der Waals surface area contributed by atoms with E-state index in [4.69, 9.17) is 16.1 Å². The van der Waals surface area contributed by atoms with Gasteiger partial charge in [-0.2, -0.15) is 4.31 Å². The van der Waals surface area contributed by atoms with Gasteiger partial charge in [0.2, 0.25) is 10.0 Å². The highest BCUT2D eigenvalue weighted by Gasteiger charge is 2.33. The molecule has 1 aliphatic rings. The van der Waals surface area contributed by atoms with Gasteiger partial charge in [0, 0.05) is 36.6 Å². The van der Waals surface area contributed by atoms with Crippen LogP contribution < -0.4 is 4.90 Å². The van der Waals surface area contributed by atoms with Crippen molar-refractivity contribution in [1.82, 2.24) is 19.4 Å². The minimum absolute atomic E-state index is 0.165. The Labute approximate surface area is 161 Å². The molecule has 10 heteroatoms. The first-order valence-corrected chi connectivity index (χ1v) is 10.3. The first-order valence-electron chi connectivity index (χ1n) is 8.46. The third-order valence-corrected chi connectivity index (χ3v) is 7.06. The minimum atomic E-state index is -3.63. The highest BCUT2D eigenvalue weighted by atomic mass is 35.5. The van der Waals surface area contributed by atoms with E-state index in [9.17, 15) is 8.42 Å². The Kier molecular flexibility index (Phi) is 4.53. The SMILES string of the molecule is Cc1noc(C)c1S(=O)(=O)N1CCN(c2ncnc3cc(Cl)ccc23)CC1. The van der Waals surface area contributed by atoms with Crippen LogP contribution in [0.25, 0.3) is 10.9 Å². The van der Waals surface area contributed by atoms with Crippen LogP contribution in [-0.2, 0) is 10.0 Å². The fourth-order valence-corrected chi connectivity index (χ4v) is 5.26. The second-order valence-electron chi connectivity index (χ2n) is 6.40. The Hall–Kier alpha value is -2.23. The van der Waals surface area contributed by atoms with Gasteiger partial charge in [-0.05, 0) is 32.0 Å². The molecule has 1 aromatic carbocycles. The van der Waals surface area contributed by atoms with E-state index >= 15 is 0 Å². The van der Waals surface area contributed by atoms with Crippen molar-refractivity contribution in [2.24, 2.45) is 0 Å². The van der Waals surface area contributed by atoms with Gasteiger partial charge in [-0.25, -0.2) is 18.4 Å². The van der Waals surface area contributed by atoms with Crippen LogP contribution in [-0.4, -0.2) is 54.0 Å². The summed E-state index contributed by atoms with van der Waals surface area (Å²) >= 11 is 6.04. The quantitative estimate of drug-likeness (QED) is 0.658. The lowest BCUT2D eigenvalue weighted by Gasteiger charge is -2.34. The van der Waals surface area contributed by atoms with Crippen molar-refractivity contribution >= 4 is 38.3 Å². The van der Waals surface area contributed by atoms with Gasteiger partial charge >= 0.3 is 0 Å². The van der Waals surface area contributed by atoms with E-state index in [-0.39, 0.29) is 4.90 Å². The Balaban J connectivity index is 1.58. The number of hydrogen-bond acceptors (Lipinski definition) is 7. The molecule has 0 radical (unpaired) electrons. The Bertz CT molecular complexity index is 1090. The topological polar surface area (TPSA) is 92.4 Å². The summed E-state index contributed by atoms with van der Waals surface area (Å²) in [6, 6.07) is 5.48. The van der Waals surface area contributed by atoms with E-state index < -0.39 is 10.0 Å². The third-order valence-electron chi connectivity index (χ3n) is 4.68. The molecule has 0 atom stereocenters. The molecule has 3 heterocycles. The van der Waals surface area contributed by atoms with E-state index in [2.05, 4.69) is 20.0 Å². The second kappa shape index (κ2) is 6.74. The zero-order chi connectivity index (χ0) is 19.2. The number of nitrogens with zero attached hydrogens (tertiary/aromatic N) is 5. The maximum Gasteiger partial charge on any atom is 0.248 e. The van der Waals surface area contributed by atoms with Crippen LogP contribution >= 0.6 is 11.6 Å². The van der Waals surface area contributed by atoms with Gasteiger partial charge in [-0.15, -0.1) is 0 Å². The molecular weight excluding hydrogens is 390 g/mol. The summed E-state index contributed by atoms with van der Waals surface area (Å²) in [5.74, 6) is 1.10. The Morgan fingerprint density at radius 1 is 1.11 bits per heavy atom. The molecule has 3 aromatic rings. The summed E-state index contributed by atoms with van der Waals surface area (Å²) in [7, 11) is -3.63. The van der Waals surface area contributed by atoms with Crippen molar-refractivity contribution in [2.45, 2.75) is 18.7 Å². The molecule has 1 fully saturated rings. The number of benzene rings is 1. The maximum atomic E-state index is 13.0. The second-order valence-corrected chi connectivity index (χ2v) is 8.71. The molecule has 2 aromatic heterocycles. The van der Waals surface area contributed by atoms with Crippen molar-refractivity contribution in [3.8, 4) is 0 Å². The number of aryl methyl sites for hydroxylation is 2. The number of hydrogen-bond donors (Lipinski definition) is 0. The average Bonchev–Trinajstić information content (AvgIpc) is 3.00. The van der Waals surface area contributed by atoms with Crippen molar-refractivity contribution < 1.29 is 12.9 Å². The predicted octanol–water partition coefficient (Wildman–Crippen LogP) is 2.40. The summed E-state index contributed by atoms with van der Waals surface area (Å²) in [5.41, 5.74) is 1.15. The standard InChI is InChI=1S/C17H18ClN5O3S/c1-11-16(12(2)26-21-11)27(24,25)23-7-5-22(6-8-23)17-14-4-3-13(18)9-15(14)19-10-20-17/h3-4,9-10H,5-8H2,1-2H3. The number of sulfonamides is 1. The maximum absolute atomic E-state index is 13.0. The number of fused-ring (bicyclic) bond motifs is 1. The van der Waals surface area contributed by atoms with Crippen molar-refractivity contribution in [1.29, 1.82) is 0 Å².